The Morgan fingerprint density at radius 1 is 1.09 bits per heavy atom. The van der Waals surface area contributed by atoms with Gasteiger partial charge in [-0.2, -0.15) is 0 Å². The first kappa shape index (κ1) is 14.5. The molecule has 1 aliphatic heterocycles. The van der Waals surface area contributed by atoms with Gasteiger partial charge in [-0.3, -0.25) is 4.99 Å². The molecule has 0 fully saturated rings. The smallest absolute Gasteiger partial charge is 0.128 e. The Morgan fingerprint density at radius 3 is 2.59 bits per heavy atom. The molecule has 0 radical (unpaired) electrons. The van der Waals surface area contributed by atoms with E-state index in [4.69, 9.17) is 14.7 Å². The molecule has 3 heteroatoms. The molecule has 1 unspecified atom stereocenters. The standard InChI is InChI=1S/C19H20N2O/c1-13-8-9-15(17(12-13)22-4)16-6-5-7-18(20-16)19(3)11-10-14(2)21-19/h5-12H,1-4H3. The summed E-state index contributed by atoms with van der Waals surface area (Å²) in [6.45, 7) is 6.14. The number of aliphatic imine (C=N–C) groups is 1. The van der Waals surface area contributed by atoms with Crippen molar-refractivity contribution in [2.45, 2.75) is 26.3 Å². The molecule has 0 saturated heterocycles. The van der Waals surface area contributed by atoms with Crippen LogP contribution in [0.25, 0.3) is 11.3 Å². The molecule has 2 aromatic rings. The number of benzene rings is 1. The van der Waals surface area contributed by atoms with Crippen LogP contribution in [0.5, 0.6) is 5.75 Å². The van der Waals surface area contributed by atoms with Gasteiger partial charge in [-0.1, -0.05) is 12.1 Å². The molecule has 0 spiro atoms. The molecule has 0 saturated carbocycles. The predicted molar refractivity (Wildman–Crippen MR) is 90.6 cm³/mol. The number of aryl methyl sites for hydroxylation is 1. The number of nitrogens with zero attached hydrogens (tertiary/aromatic N) is 2. The van der Waals surface area contributed by atoms with Gasteiger partial charge in [0.2, 0.25) is 0 Å². The Morgan fingerprint density at radius 2 is 1.91 bits per heavy atom. The second kappa shape index (κ2) is 5.41. The molecule has 0 aliphatic carbocycles. The Labute approximate surface area is 131 Å². The van der Waals surface area contributed by atoms with E-state index in [1.165, 1.54) is 5.56 Å². The molecule has 0 amide bonds. The van der Waals surface area contributed by atoms with Gasteiger partial charge in [-0.05, 0) is 62.8 Å². The summed E-state index contributed by atoms with van der Waals surface area (Å²) in [5, 5.41) is 0. The normalized spacial score (nSPS) is 20.1. The van der Waals surface area contributed by atoms with Crippen LogP contribution in [0, 0.1) is 6.92 Å². The summed E-state index contributed by atoms with van der Waals surface area (Å²) >= 11 is 0. The van der Waals surface area contributed by atoms with Crippen LogP contribution in [0.4, 0.5) is 0 Å². The maximum Gasteiger partial charge on any atom is 0.128 e. The summed E-state index contributed by atoms with van der Waals surface area (Å²) in [7, 11) is 1.69. The molecule has 0 bridgehead atoms. The summed E-state index contributed by atoms with van der Waals surface area (Å²) < 4.78 is 5.51. The summed E-state index contributed by atoms with van der Waals surface area (Å²) in [5.74, 6) is 0.844. The van der Waals surface area contributed by atoms with Crippen LogP contribution < -0.4 is 4.74 Å². The molecule has 1 aromatic carbocycles. The highest BCUT2D eigenvalue weighted by Gasteiger charge is 2.27. The number of ether oxygens (including phenoxy) is 1. The Bertz CT molecular complexity index is 777. The number of methoxy groups -OCH3 is 1. The Balaban J connectivity index is 2.08. The van der Waals surface area contributed by atoms with Gasteiger partial charge in [0.1, 0.15) is 11.3 Å². The molecule has 112 valence electrons. The van der Waals surface area contributed by atoms with Gasteiger partial charge in [0.15, 0.2) is 0 Å². The van der Waals surface area contributed by atoms with Crippen LogP contribution in [0.1, 0.15) is 25.1 Å². The van der Waals surface area contributed by atoms with Gasteiger partial charge in [0.25, 0.3) is 0 Å². The number of pyridine rings is 1. The van der Waals surface area contributed by atoms with Gasteiger partial charge < -0.3 is 4.74 Å². The number of rotatable bonds is 3. The van der Waals surface area contributed by atoms with Crippen molar-refractivity contribution in [1.29, 1.82) is 0 Å². The highest BCUT2D eigenvalue weighted by atomic mass is 16.5. The molecule has 1 aliphatic rings. The SMILES string of the molecule is COc1cc(C)ccc1-c1cccc(C2(C)C=CC(C)=N2)n1. The molecule has 3 nitrogen and oxygen atoms in total. The average Bonchev–Trinajstić information content (AvgIpc) is 2.88. The molecule has 3 rings (SSSR count). The lowest BCUT2D eigenvalue weighted by molar-refractivity contribution is 0.416. The van der Waals surface area contributed by atoms with E-state index >= 15 is 0 Å². The molecule has 2 heterocycles. The van der Waals surface area contributed by atoms with Crippen molar-refractivity contribution in [1.82, 2.24) is 4.98 Å². The van der Waals surface area contributed by atoms with Gasteiger partial charge >= 0.3 is 0 Å². The van der Waals surface area contributed by atoms with Crippen molar-refractivity contribution < 1.29 is 4.74 Å². The van der Waals surface area contributed by atoms with Gasteiger partial charge in [0.05, 0.1) is 18.5 Å². The predicted octanol–water partition coefficient (Wildman–Crippen LogP) is 4.31. The summed E-state index contributed by atoms with van der Waals surface area (Å²) in [5.41, 5.74) is 4.67. The highest BCUT2D eigenvalue weighted by Crippen LogP contribution is 2.34. The fourth-order valence-electron chi connectivity index (χ4n) is 2.74. The lowest BCUT2D eigenvalue weighted by Gasteiger charge is -2.19. The van der Waals surface area contributed by atoms with Crippen LogP contribution in [0.2, 0.25) is 0 Å². The van der Waals surface area contributed by atoms with E-state index in [1.807, 2.05) is 37.3 Å². The minimum Gasteiger partial charge on any atom is -0.496 e. The zero-order chi connectivity index (χ0) is 15.7. The lowest BCUT2D eigenvalue weighted by atomic mass is 9.98. The topological polar surface area (TPSA) is 34.5 Å². The first-order valence-corrected chi connectivity index (χ1v) is 7.40. The van der Waals surface area contributed by atoms with Crippen LogP contribution in [-0.4, -0.2) is 17.8 Å². The fourth-order valence-corrected chi connectivity index (χ4v) is 2.74. The second-order valence-electron chi connectivity index (χ2n) is 5.85. The van der Waals surface area contributed by atoms with Crippen molar-refractivity contribution >= 4 is 5.71 Å². The highest BCUT2D eigenvalue weighted by molar-refractivity contribution is 5.95. The maximum absolute atomic E-state index is 5.51. The van der Waals surface area contributed by atoms with E-state index in [9.17, 15) is 0 Å². The first-order chi connectivity index (χ1) is 10.5. The van der Waals surface area contributed by atoms with Gasteiger partial charge in [-0.15, -0.1) is 0 Å². The molecular weight excluding hydrogens is 272 g/mol. The first-order valence-electron chi connectivity index (χ1n) is 7.40. The monoisotopic (exact) mass is 292 g/mol. The molecule has 22 heavy (non-hydrogen) atoms. The Kier molecular flexibility index (Phi) is 3.57. The third kappa shape index (κ3) is 2.54. The third-order valence-corrected chi connectivity index (χ3v) is 3.96. The molecule has 1 atom stereocenters. The van der Waals surface area contributed by atoms with Crippen molar-refractivity contribution in [3.05, 3.63) is 59.8 Å². The zero-order valence-electron chi connectivity index (χ0n) is 13.4. The number of hydrogen-bond donors (Lipinski definition) is 0. The van der Waals surface area contributed by atoms with Crippen LogP contribution in [0.15, 0.2) is 53.5 Å². The molecular formula is C19H20N2O. The largest absolute Gasteiger partial charge is 0.496 e. The van der Waals surface area contributed by atoms with Crippen LogP contribution in [0.3, 0.4) is 0 Å². The average molecular weight is 292 g/mol. The Hall–Kier alpha value is -2.42. The fraction of sp³-hybridized carbons (Fsp3) is 0.263. The van der Waals surface area contributed by atoms with Crippen molar-refractivity contribution in [2.75, 3.05) is 7.11 Å². The molecule has 0 N–H and O–H groups in total. The van der Waals surface area contributed by atoms with Crippen molar-refractivity contribution in [3.8, 4) is 17.0 Å². The number of allylic oxidation sites excluding steroid dienone is 1. The van der Waals surface area contributed by atoms with E-state index in [0.717, 1.165) is 28.4 Å². The lowest BCUT2D eigenvalue weighted by Crippen LogP contribution is -2.16. The van der Waals surface area contributed by atoms with Crippen LogP contribution in [-0.2, 0) is 5.54 Å². The number of hydrogen-bond acceptors (Lipinski definition) is 3. The van der Waals surface area contributed by atoms with E-state index < -0.39 is 0 Å². The van der Waals surface area contributed by atoms with Crippen molar-refractivity contribution in [3.63, 3.8) is 0 Å². The number of aromatic nitrogens is 1. The zero-order valence-corrected chi connectivity index (χ0v) is 13.4. The minimum absolute atomic E-state index is 0.377. The quantitative estimate of drug-likeness (QED) is 0.844. The van der Waals surface area contributed by atoms with E-state index in [1.54, 1.807) is 7.11 Å². The second-order valence-corrected chi connectivity index (χ2v) is 5.85. The summed E-state index contributed by atoms with van der Waals surface area (Å²) in [6, 6.07) is 12.2. The maximum atomic E-state index is 5.51. The van der Waals surface area contributed by atoms with Gasteiger partial charge in [-0.25, -0.2) is 4.98 Å². The summed E-state index contributed by atoms with van der Waals surface area (Å²) in [4.78, 5) is 9.53. The van der Waals surface area contributed by atoms with E-state index in [0.29, 0.717) is 0 Å². The van der Waals surface area contributed by atoms with E-state index in [-0.39, 0.29) is 5.54 Å². The minimum atomic E-state index is -0.377. The van der Waals surface area contributed by atoms with Gasteiger partial charge in [0, 0.05) is 11.3 Å². The summed E-state index contributed by atoms with van der Waals surface area (Å²) in [6.07, 6.45) is 4.14. The van der Waals surface area contributed by atoms with E-state index in [2.05, 4.69) is 32.1 Å². The van der Waals surface area contributed by atoms with Crippen molar-refractivity contribution in [2.24, 2.45) is 4.99 Å². The third-order valence-electron chi connectivity index (χ3n) is 3.96. The van der Waals surface area contributed by atoms with Crippen LogP contribution >= 0.6 is 0 Å². The molecule has 1 aromatic heterocycles.